The van der Waals surface area contributed by atoms with E-state index in [2.05, 4.69) is 21.7 Å². The van der Waals surface area contributed by atoms with Crippen LogP contribution in [0, 0.1) is 0 Å². The van der Waals surface area contributed by atoms with Crippen molar-refractivity contribution in [2.75, 3.05) is 13.9 Å². The number of nitrogens with zero attached hydrogens (tertiary/aromatic N) is 2. The van der Waals surface area contributed by atoms with Gasteiger partial charge in [-0.25, -0.2) is 4.79 Å². The molecule has 2 aliphatic rings. The van der Waals surface area contributed by atoms with Crippen molar-refractivity contribution in [3.05, 3.63) is 72.2 Å². The van der Waals surface area contributed by atoms with Crippen LogP contribution in [-0.4, -0.2) is 24.9 Å². The summed E-state index contributed by atoms with van der Waals surface area (Å²) in [5.74, 6) is 1.97. The number of halogens is 1. The van der Waals surface area contributed by atoms with E-state index >= 15 is 0 Å². The lowest BCUT2D eigenvalue weighted by atomic mass is 9.95. The van der Waals surface area contributed by atoms with Gasteiger partial charge in [0, 0.05) is 24.9 Å². The Bertz CT molecular complexity index is 1390. The highest BCUT2D eigenvalue weighted by atomic mass is 35.5. The number of carbonyl (C=O) groups excluding carboxylic acids is 1. The van der Waals surface area contributed by atoms with E-state index in [1.807, 2.05) is 24.4 Å². The van der Waals surface area contributed by atoms with Gasteiger partial charge in [0.2, 0.25) is 12.5 Å². The lowest BCUT2D eigenvalue weighted by Gasteiger charge is -2.17. The summed E-state index contributed by atoms with van der Waals surface area (Å²) in [6.45, 7) is 1.05. The van der Waals surface area contributed by atoms with E-state index < -0.39 is 5.97 Å². The minimum atomic E-state index is -0.482. The number of methoxy groups -OCH3 is 1. The zero-order chi connectivity index (χ0) is 21.7. The van der Waals surface area contributed by atoms with Gasteiger partial charge in [-0.2, -0.15) is 4.57 Å². The number of rotatable bonds is 3. The topological polar surface area (TPSA) is 70.8 Å². The van der Waals surface area contributed by atoms with Gasteiger partial charge in [-0.1, -0.05) is 0 Å². The summed E-state index contributed by atoms with van der Waals surface area (Å²) >= 11 is 0. The maximum atomic E-state index is 12.7. The van der Waals surface area contributed by atoms with Crippen LogP contribution in [0.3, 0.4) is 0 Å². The normalized spacial score (nSPS) is 13.0. The highest BCUT2D eigenvalue weighted by molar-refractivity contribution is 5.97. The molecule has 0 spiro atoms. The molecular weight excluding hydrogens is 444 g/mol. The van der Waals surface area contributed by atoms with Crippen LogP contribution in [0.4, 0.5) is 0 Å². The molecule has 0 atom stereocenters. The lowest BCUT2D eigenvalue weighted by Crippen LogP contribution is -3.00. The van der Waals surface area contributed by atoms with Crippen LogP contribution in [0.25, 0.3) is 22.0 Å². The largest absolute Gasteiger partial charge is 1.00 e. The van der Waals surface area contributed by atoms with Crippen molar-refractivity contribution in [2.24, 2.45) is 0 Å². The summed E-state index contributed by atoms with van der Waals surface area (Å²) in [6.07, 6.45) is 5.98. The molecule has 4 heterocycles. The van der Waals surface area contributed by atoms with Gasteiger partial charge in [0.25, 0.3) is 0 Å². The predicted octanol–water partition coefficient (Wildman–Crippen LogP) is 0.706. The van der Waals surface area contributed by atoms with E-state index in [0.29, 0.717) is 17.1 Å². The maximum Gasteiger partial charge on any atom is 0.345 e. The minimum Gasteiger partial charge on any atom is -1.00 e. The van der Waals surface area contributed by atoms with Crippen LogP contribution in [0.5, 0.6) is 23.0 Å². The first-order valence-corrected chi connectivity index (χ1v) is 10.3. The molecule has 8 heteroatoms. The number of aromatic nitrogens is 2. The molecule has 0 saturated heterocycles. The van der Waals surface area contributed by atoms with Crippen molar-refractivity contribution in [2.45, 2.75) is 13.0 Å². The van der Waals surface area contributed by atoms with Crippen molar-refractivity contribution in [1.29, 1.82) is 0 Å². The van der Waals surface area contributed by atoms with E-state index in [1.54, 1.807) is 25.4 Å². The Morgan fingerprint density at radius 1 is 1.12 bits per heavy atom. The van der Waals surface area contributed by atoms with E-state index in [0.717, 1.165) is 46.5 Å². The van der Waals surface area contributed by atoms with E-state index in [9.17, 15) is 4.79 Å². The molecule has 2 aromatic heterocycles. The van der Waals surface area contributed by atoms with Crippen LogP contribution >= 0.6 is 0 Å². The van der Waals surface area contributed by atoms with Gasteiger partial charge in [-0.3, -0.25) is 4.98 Å². The zero-order valence-corrected chi connectivity index (χ0v) is 18.5. The molecule has 166 valence electrons. The number of fused-ring (bicyclic) bond motifs is 5. The number of pyridine rings is 2. The van der Waals surface area contributed by atoms with Crippen molar-refractivity contribution < 1.29 is 40.7 Å². The van der Waals surface area contributed by atoms with Gasteiger partial charge in [0.05, 0.1) is 23.6 Å². The van der Waals surface area contributed by atoms with Gasteiger partial charge in [-0.05, 0) is 47.3 Å². The fraction of sp³-hybridized carbons (Fsp3) is 0.160. The van der Waals surface area contributed by atoms with Gasteiger partial charge in [0.1, 0.15) is 0 Å². The fourth-order valence-corrected chi connectivity index (χ4v) is 4.30. The summed E-state index contributed by atoms with van der Waals surface area (Å²) in [6, 6.07) is 13.4. The van der Waals surface area contributed by atoms with Crippen molar-refractivity contribution in [1.82, 2.24) is 4.98 Å². The van der Waals surface area contributed by atoms with E-state index in [1.165, 1.54) is 11.8 Å². The number of hydrogen-bond donors (Lipinski definition) is 0. The van der Waals surface area contributed by atoms with E-state index in [4.69, 9.17) is 18.9 Å². The Morgan fingerprint density at radius 2 is 1.97 bits per heavy atom. The molecule has 7 nitrogen and oxygen atoms in total. The molecule has 33 heavy (non-hydrogen) atoms. The van der Waals surface area contributed by atoms with Crippen molar-refractivity contribution in [3.63, 3.8) is 0 Å². The SMILES string of the molecule is COc1ccc2cc3[n+](cc2c1OC(=O)c1cccnc1)CCc1cc2c(cc1-3)OCO2.[Cl-]. The molecule has 0 saturated carbocycles. The third-order valence-electron chi connectivity index (χ3n) is 5.89. The van der Waals surface area contributed by atoms with Gasteiger partial charge in [0.15, 0.2) is 35.7 Å². The molecule has 0 radical (unpaired) electrons. The highest BCUT2D eigenvalue weighted by Gasteiger charge is 2.29. The maximum absolute atomic E-state index is 12.7. The predicted molar refractivity (Wildman–Crippen MR) is 115 cm³/mol. The molecular formula is C25H19ClN2O5. The molecule has 2 aromatic carbocycles. The molecule has 0 bridgehead atoms. The van der Waals surface area contributed by atoms with Gasteiger partial charge in [-0.15, -0.1) is 0 Å². The second-order valence-electron chi connectivity index (χ2n) is 7.70. The lowest BCUT2D eigenvalue weighted by molar-refractivity contribution is -0.686. The first-order valence-electron chi connectivity index (χ1n) is 10.3. The Morgan fingerprint density at radius 3 is 2.76 bits per heavy atom. The standard InChI is InChI=1S/C25H19N2O5.ClH/c1-29-21-5-4-15-9-20-18-11-23-22(30-14-31-23)10-16(18)6-8-27(20)13-19(15)24(21)32-25(28)17-3-2-7-26-12-17;/h2-5,7,9-13H,6,8,14H2,1H3;1H/q+1;/p-1. The number of benzene rings is 2. The smallest absolute Gasteiger partial charge is 0.345 e. The average Bonchev–Trinajstić information content (AvgIpc) is 3.30. The molecule has 4 aromatic rings. The van der Waals surface area contributed by atoms with Crippen LogP contribution < -0.4 is 35.9 Å². The quantitative estimate of drug-likeness (QED) is 0.254. The Kier molecular flexibility index (Phi) is 5.26. The van der Waals surface area contributed by atoms with Gasteiger partial charge >= 0.3 is 5.97 Å². The Balaban J connectivity index is 0.00000228. The van der Waals surface area contributed by atoms with E-state index in [-0.39, 0.29) is 19.2 Å². The summed E-state index contributed by atoms with van der Waals surface area (Å²) in [7, 11) is 1.56. The second-order valence-corrected chi connectivity index (χ2v) is 7.70. The Hall–Kier alpha value is -3.84. The van der Waals surface area contributed by atoms with Crippen LogP contribution in [0.1, 0.15) is 15.9 Å². The number of aryl methyl sites for hydroxylation is 2. The first kappa shape index (κ1) is 21.0. The molecule has 0 N–H and O–H groups in total. The van der Waals surface area contributed by atoms with Crippen molar-refractivity contribution >= 4 is 16.7 Å². The molecule has 2 aliphatic heterocycles. The second kappa shape index (κ2) is 8.26. The number of carbonyl (C=O) groups is 1. The van der Waals surface area contributed by atoms with Crippen LogP contribution in [0.15, 0.2) is 61.1 Å². The monoisotopic (exact) mass is 462 g/mol. The third kappa shape index (κ3) is 3.50. The van der Waals surface area contributed by atoms with Crippen LogP contribution in [-0.2, 0) is 13.0 Å². The average molecular weight is 463 g/mol. The van der Waals surface area contributed by atoms with Gasteiger partial charge < -0.3 is 31.4 Å². The Labute approximate surface area is 195 Å². The fourth-order valence-electron chi connectivity index (χ4n) is 4.30. The molecule has 0 fully saturated rings. The summed E-state index contributed by atoms with van der Waals surface area (Å²) in [5.41, 5.74) is 3.80. The number of esters is 1. The summed E-state index contributed by atoms with van der Waals surface area (Å²) < 4.78 is 24.6. The molecule has 0 aliphatic carbocycles. The highest BCUT2D eigenvalue weighted by Crippen LogP contribution is 2.41. The third-order valence-corrected chi connectivity index (χ3v) is 5.89. The van der Waals surface area contributed by atoms with Crippen LogP contribution in [0.2, 0.25) is 0 Å². The summed E-state index contributed by atoms with van der Waals surface area (Å²) in [5, 5.41) is 1.74. The zero-order valence-electron chi connectivity index (χ0n) is 17.7. The summed E-state index contributed by atoms with van der Waals surface area (Å²) in [4.78, 5) is 16.7. The minimum absolute atomic E-state index is 0. The number of hydrogen-bond acceptors (Lipinski definition) is 6. The molecule has 0 unspecified atom stereocenters. The molecule has 6 rings (SSSR count). The molecule has 0 amide bonds. The first-order chi connectivity index (χ1) is 15.7. The number of ether oxygens (including phenoxy) is 4. The van der Waals surface area contributed by atoms with Crippen molar-refractivity contribution in [3.8, 4) is 34.3 Å².